The van der Waals surface area contributed by atoms with Gasteiger partial charge in [-0.05, 0) is 41.8 Å². The van der Waals surface area contributed by atoms with Crippen molar-refractivity contribution in [3.63, 3.8) is 0 Å². The number of aromatic amines is 1. The molecular weight excluding hydrogens is 457 g/mol. The smallest absolute Gasteiger partial charge is 0.327 e. The zero-order valence-electron chi connectivity index (χ0n) is 16.7. The Morgan fingerprint density at radius 1 is 1.31 bits per heavy atom. The highest BCUT2D eigenvalue weighted by molar-refractivity contribution is 6.40. The first-order valence-electron chi connectivity index (χ1n) is 9.76. The van der Waals surface area contributed by atoms with Crippen molar-refractivity contribution in [1.29, 1.82) is 0 Å². The van der Waals surface area contributed by atoms with Crippen molar-refractivity contribution in [1.82, 2.24) is 20.2 Å². The van der Waals surface area contributed by atoms with Crippen molar-refractivity contribution >= 4 is 52.0 Å². The molecular formula is C21H19Cl2N5O4. The second kappa shape index (κ2) is 8.78. The number of hydrogen-bond donors (Lipinski definition) is 4. The molecule has 0 bridgehead atoms. The maximum Gasteiger partial charge on any atom is 0.327 e. The number of nitrogens with one attached hydrogen (secondary N) is 2. The lowest BCUT2D eigenvalue weighted by atomic mass is 9.96. The molecule has 1 atom stereocenters. The van der Waals surface area contributed by atoms with Gasteiger partial charge in [0.25, 0.3) is 11.8 Å². The van der Waals surface area contributed by atoms with Crippen molar-refractivity contribution in [2.45, 2.75) is 19.0 Å². The van der Waals surface area contributed by atoms with Crippen LogP contribution in [0, 0.1) is 0 Å². The third-order valence-electron chi connectivity index (χ3n) is 5.38. The van der Waals surface area contributed by atoms with Crippen molar-refractivity contribution in [3.05, 3.63) is 62.9 Å². The maximum atomic E-state index is 13.0. The zero-order valence-corrected chi connectivity index (χ0v) is 18.2. The quantitative estimate of drug-likeness (QED) is 0.445. The molecule has 3 aromatic rings. The lowest BCUT2D eigenvalue weighted by molar-refractivity contribution is -0.138. The third kappa shape index (κ3) is 4.02. The number of benzene rings is 1. The van der Waals surface area contributed by atoms with Crippen LogP contribution in [-0.2, 0) is 17.8 Å². The number of aliphatic carboxylic acids is 1. The Morgan fingerprint density at radius 3 is 2.78 bits per heavy atom. The number of pyridine rings is 1. The summed E-state index contributed by atoms with van der Waals surface area (Å²) in [6.45, 7) is 0.373. The molecule has 0 unspecified atom stereocenters. The van der Waals surface area contributed by atoms with E-state index in [1.165, 1.54) is 0 Å². The zero-order chi connectivity index (χ0) is 23.0. The number of carboxylic acid groups (broad SMARTS) is 1. The fourth-order valence-corrected chi connectivity index (χ4v) is 4.49. The van der Waals surface area contributed by atoms with E-state index in [9.17, 15) is 14.4 Å². The van der Waals surface area contributed by atoms with Gasteiger partial charge >= 0.3 is 5.97 Å². The number of carbonyl (C=O) groups excluding carboxylic acids is 2. The summed E-state index contributed by atoms with van der Waals surface area (Å²) in [7, 11) is 0. The van der Waals surface area contributed by atoms with E-state index in [0.29, 0.717) is 29.9 Å². The van der Waals surface area contributed by atoms with Gasteiger partial charge in [-0.2, -0.15) is 0 Å². The summed E-state index contributed by atoms with van der Waals surface area (Å²) in [5, 5.41) is 12.5. The minimum absolute atomic E-state index is 0.00625. The molecule has 4 rings (SSSR count). The molecule has 1 aliphatic rings. The highest BCUT2D eigenvalue weighted by Crippen LogP contribution is 2.35. The first-order valence-corrected chi connectivity index (χ1v) is 10.5. The van der Waals surface area contributed by atoms with Gasteiger partial charge in [-0.1, -0.05) is 23.2 Å². The number of nitrogens with zero attached hydrogens (tertiary/aromatic N) is 2. The summed E-state index contributed by atoms with van der Waals surface area (Å²) in [4.78, 5) is 45.7. The van der Waals surface area contributed by atoms with E-state index < -0.39 is 17.9 Å². The lowest BCUT2D eigenvalue weighted by Crippen LogP contribution is -2.46. The Hall–Kier alpha value is -3.14. The maximum absolute atomic E-state index is 13.0. The monoisotopic (exact) mass is 475 g/mol. The van der Waals surface area contributed by atoms with Crippen LogP contribution in [0.5, 0.6) is 0 Å². The summed E-state index contributed by atoms with van der Waals surface area (Å²) in [5.41, 5.74) is 7.87. The van der Waals surface area contributed by atoms with Gasteiger partial charge in [-0.25, -0.2) is 9.78 Å². The third-order valence-corrected chi connectivity index (χ3v) is 6.10. The number of amides is 2. The predicted molar refractivity (Wildman–Crippen MR) is 119 cm³/mol. The van der Waals surface area contributed by atoms with Gasteiger partial charge in [0.1, 0.15) is 17.4 Å². The molecule has 166 valence electrons. The summed E-state index contributed by atoms with van der Waals surface area (Å²) >= 11 is 12.8. The van der Waals surface area contributed by atoms with Crippen LogP contribution < -0.4 is 11.1 Å². The van der Waals surface area contributed by atoms with Gasteiger partial charge in [0.15, 0.2) is 0 Å². The summed E-state index contributed by atoms with van der Waals surface area (Å²) in [5.74, 6) is -2.16. The Balaban J connectivity index is 1.58. The molecule has 0 saturated carbocycles. The average molecular weight is 476 g/mol. The number of nitrogens with two attached hydrogens (primary N) is 1. The normalized spacial score (nSPS) is 14.2. The van der Waals surface area contributed by atoms with E-state index in [-0.39, 0.29) is 34.6 Å². The Morgan fingerprint density at radius 2 is 2.09 bits per heavy atom. The van der Waals surface area contributed by atoms with Crippen molar-refractivity contribution in [2.75, 3.05) is 13.1 Å². The molecule has 0 spiro atoms. The topological polar surface area (TPSA) is 141 Å². The van der Waals surface area contributed by atoms with Crippen LogP contribution in [0.25, 0.3) is 11.0 Å². The number of halogens is 2. The van der Waals surface area contributed by atoms with E-state index in [2.05, 4.69) is 15.3 Å². The van der Waals surface area contributed by atoms with Crippen LogP contribution in [-0.4, -0.2) is 56.9 Å². The minimum atomic E-state index is -1.26. The van der Waals surface area contributed by atoms with Gasteiger partial charge in [0, 0.05) is 31.2 Å². The van der Waals surface area contributed by atoms with Crippen molar-refractivity contribution in [3.8, 4) is 0 Å². The number of carboxylic acids is 1. The fraction of sp³-hybridized carbons (Fsp3) is 0.238. The standard InChI is InChI=1S/C21H19Cl2N5O4/c22-13-6-11-9-28(20(30)14-7-10-2-1-4-25-18(10)26-14)5-3-12(11)17(23)16(13)19(29)27-15(8-24)21(31)32/h1-2,4,6-7,15H,3,5,8-9,24H2,(H,25,26)(H,27,29)(H,31,32)/t15-/m0/s1. The Kier molecular flexibility index (Phi) is 6.05. The molecule has 9 nitrogen and oxygen atoms in total. The Labute approximate surface area is 192 Å². The fourth-order valence-electron chi connectivity index (χ4n) is 3.73. The van der Waals surface area contributed by atoms with Crippen LogP contribution in [0.3, 0.4) is 0 Å². The molecule has 0 saturated heterocycles. The average Bonchev–Trinajstić information content (AvgIpc) is 3.20. The summed E-state index contributed by atoms with van der Waals surface area (Å²) < 4.78 is 0. The van der Waals surface area contributed by atoms with E-state index in [4.69, 9.17) is 34.0 Å². The molecule has 1 aliphatic heterocycles. The molecule has 0 aliphatic carbocycles. The molecule has 0 fully saturated rings. The Bertz CT molecular complexity index is 1210. The van der Waals surface area contributed by atoms with Crippen LogP contribution in [0.4, 0.5) is 0 Å². The number of fused-ring (bicyclic) bond motifs is 2. The number of hydrogen-bond acceptors (Lipinski definition) is 5. The summed E-state index contributed by atoms with van der Waals surface area (Å²) in [6.07, 6.45) is 2.06. The van der Waals surface area contributed by atoms with Gasteiger partial charge in [-0.15, -0.1) is 0 Å². The van der Waals surface area contributed by atoms with Crippen LogP contribution in [0.2, 0.25) is 10.0 Å². The van der Waals surface area contributed by atoms with E-state index in [0.717, 1.165) is 10.9 Å². The number of rotatable bonds is 5. The second-order valence-corrected chi connectivity index (χ2v) is 8.17. The molecule has 32 heavy (non-hydrogen) atoms. The highest BCUT2D eigenvalue weighted by Gasteiger charge is 2.29. The first kappa shape index (κ1) is 22.1. The van der Waals surface area contributed by atoms with E-state index in [1.807, 2.05) is 6.07 Å². The number of aromatic nitrogens is 2. The molecule has 1 aromatic carbocycles. The van der Waals surface area contributed by atoms with Gasteiger partial charge < -0.3 is 26.0 Å². The minimum Gasteiger partial charge on any atom is -0.480 e. The second-order valence-electron chi connectivity index (χ2n) is 7.39. The molecule has 0 radical (unpaired) electrons. The molecule has 2 amide bonds. The van der Waals surface area contributed by atoms with Crippen molar-refractivity contribution in [2.24, 2.45) is 5.73 Å². The highest BCUT2D eigenvalue weighted by atomic mass is 35.5. The van der Waals surface area contributed by atoms with Gasteiger partial charge in [0.05, 0.1) is 15.6 Å². The summed E-state index contributed by atoms with van der Waals surface area (Å²) in [6, 6.07) is 5.74. The largest absolute Gasteiger partial charge is 0.480 e. The molecule has 3 heterocycles. The van der Waals surface area contributed by atoms with Crippen LogP contribution in [0.1, 0.15) is 32.0 Å². The first-order chi connectivity index (χ1) is 15.3. The van der Waals surface area contributed by atoms with E-state index in [1.54, 1.807) is 29.3 Å². The molecule has 11 heteroatoms. The van der Waals surface area contributed by atoms with Crippen LogP contribution in [0.15, 0.2) is 30.5 Å². The van der Waals surface area contributed by atoms with E-state index >= 15 is 0 Å². The number of carbonyl (C=O) groups is 3. The van der Waals surface area contributed by atoms with Gasteiger partial charge in [0.2, 0.25) is 0 Å². The molecule has 2 aromatic heterocycles. The van der Waals surface area contributed by atoms with Crippen molar-refractivity contribution < 1.29 is 19.5 Å². The predicted octanol–water partition coefficient (Wildman–Crippen LogP) is 2.21. The van der Waals surface area contributed by atoms with Gasteiger partial charge in [-0.3, -0.25) is 9.59 Å². The SMILES string of the molecule is NC[C@H](NC(=O)c1c(Cl)cc2c(c1Cl)CCN(C(=O)c1cc3cccnc3[nH]1)C2)C(=O)O. The number of H-pyrrole nitrogens is 1. The van der Waals surface area contributed by atoms with Crippen LogP contribution >= 0.6 is 23.2 Å². The lowest BCUT2D eigenvalue weighted by Gasteiger charge is -2.30. The molecule has 5 N–H and O–H groups in total.